The highest BCUT2D eigenvalue weighted by atomic mass is 19.1. The number of nitrogen functional groups attached to an aromatic ring is 1. The van der Waals surface area contributed by atoms with Gasteiger partial charge in [0.25, 0.3) is 11.8 Å². The number of nitrogens with one attached hydrogen (secondary N) is 3. The second-order valence-corrected chi connectivity index (χ2v) is 11.8. The van der Waals surface area contributed by atoms with Crippen molar-refractivity contribution >= 4 is 46.8 Å². The van der Waals surface area contributed by atoms with Crippen molar-refractivity contribution in [2.45, 2.75) is 44.4 Å². The first-order chi connectivity index (χ1) is 22.9. The molecule has 2 unspecified atom stereocenters. The Morgan fingerprint density at radius 1 is 1.00 bits per heavy atom. The van der Waals surface area contributed by atoms with Gasteiger partial charge in [-0.3, -0.25) is 24.1 Å². The number of likely N-dealkylation sites (N-methyl/N-ethyl adjacent to an activating group) is 1. The lowest BCUT2D eigenvalue weighted by Crippen LogP contribution is -2.57. The Labute approximate surface area is 276 Å². The number of rotatable bonds is 9. The van der Waals surface area contributed by atoms with Gasteiger partial charge in [0, 0.05) is 43.7 Å². The number of ether oxygens (including phenoxy) is 1. The molecule has 5 rings (SSSR count). The standard InChI is InChI=1S/C34H37FN6O7/c1-19(40(2)34(46)47)30(42)39-28(20-13-15-48-16-14-20)33(45)41-18-22-5-3-4-6-25(22)29(41)32(44)38-27-17-21(7-12-26(27)35)31(43)37-24-10-8-23(36)9-11-24/h3-12,17,19-20,28-29H,13-16,18,36H2,1-2H3,(H,37,43)(H,38,44)(H,39,42)(H,46,47)/t19?,28?,29-/m0/s1. The number of anilines is 3. The van der Waals surface area contributed by atoms with Gasteiger partial charge in [0.1, 0.15) is 23.9 Å². The largest absolute Gasteiger partial charge is 0.465 e. The van der Waals surface area contributed by atoms with Crippen LogP contribution in [0.15, 0.2) is 66.7 Å². The minimum Gasteiger partial charge on any atom is -0.465 e. The van der Waals surface area contributed by atoms with Crippen molar-refractivity contribution in [1.82, 2.24) is 15.1 Å². The Morgan fingerprint density at radius 2 is 1.69 bits per heavy atom. The summed E-state index contributed by atoms with van der Waals surface area (Å²) in [5.41, 5.74) is 7.72. The molecule has 1 fully saturated rings. The molecule has 48 heavy (non-hydrogen) atoms. The van der Waals surface area contributed by atoms with Crippen LogP contribution in [0.2, 0.25) is 0 Å². The smallest absolute Gasteiger partial charge is 0.407 e. The molecule has 3 aromatic carbocycles. The zero-order valence-corrected chi connectivity index (χ0v) is 26.4. The van der Waals surface area contributed by atoms with Crippen molar-refractivity contribution in [3.63, 3.8) is 0 Å². The van der Waals surface area contributed by atoms with Gasteiger partial charge in [-0.1, -0.05) is 24.3 Å². The van der Waals surface area contributed by atoms with Crippen molar-refractivity contribution in [1.29, 1.82) is 0 Å². The van der Waals surface area contributed by atoms with Crippen LogP contribution in [0.25, 0.3) is 0 Å². The number of carbonyl (C=O) groups is 5. The average Bonchev–Trinajstić information content (AvgIpc) is 3.48. The number of hydrogen-bond donors (Lipinski definition) is 5. The minimum absolute atomic E-state index is 0.0415. The van der Waals surface area contributed by atoms with Crippen LogP contribution < -0.4 is 21.7 Å². The number of halogens is 1. The number of fused-ring (bicyclic) bond motifs is 1. The molecule has 13 nitrogen and oxygen atoms in total. The zero-order chi connectivity index (χ0) is 34.5. The lowest BCUT2D eigenvalue weighted by atomic mass is 9.90. The number of benzene rings is 3. The van der Waals surface area contributed by atoms with Crippen LogP contribution in [-0.4, -0.2) is 77.0 Å². The van der Waals surface area contributed by atoms with Gasteiger partial charge in [-0.2, -0.15) is 0 Å². The van der Waals surface area contributed by atoms with Crippen LogP contribution in [0, 0.1) is 11.7 Å². The van der Waals surface area contributed by atoms with Gasteiger partial charge in [-0.05, 0) is 79.3 Å². The Hall–Kier alpha value is -5.50. The summed E-state index contributed by atoms with van der Waals surface area (Å²) >= 11 is 0. The van der Waals surface area contributed by atoms with Gasteiger partial charge in [0.2, 0.25) is 11.8 Å². The number of carbonyl (C=O) groups excluding carboxylic acids is 4. The van der Waals surface area contributed by atoms with Crippen LogP contribution in [0.5, 0.6) is 0 Å². The van der Waals surface area contributed by atoms with Crippen LogP contribution in [-0.2, 0) is 25.7 Å². The molecule has 2 aliphatic rings. The molecule has 0 radical (unpaired) electrons. The molecule has 0 spiro atoms. The first-order valence-electron chi connectivity index (χ1n) is 15.4. The van der Waals surface area contributed by atoms with Crippen molar-refractivity contribution in [2.24, 2.45) is 5.92 Å². The summed E-state index contributed by atoms with van der Waals surface area (Å²) in [4.78, 5) is 68.2. The highest BCUT2D eigenvalue weighted by Gasteiger charge is 2.44. The predicted octanol–water partition coefficient (Wildman–Crippen LogP) is 3.59. The fourth-order valence-corrected chi connectivity index (χ4v) is 5.83. The number of amides is 5. The monoisotopic (exact) mass is 660 g/mol. The molecule has 0 aliphatic carbocycles. The molecule has 14 heteroatoms. The second-order valence-electron chi connectivity index (χ2n) is 11.8. The van der Waals surface area contributed by atoms with Crippen molar-refractivity contribution in [3.8, 4) is 0 Å². The number of carboxylic acid groups (broad SMARTS) is 1. The van der Waals surface area contributed by atoms with E-state index < -0.39 is 53.7 Å². The van der Waals surface area contributed by atoms with E-state index >= 15 is 4.39 Å². The maximum absolute atomic E-state index is 15.1. The molecule has 1 saturated heterocycles. The predicted molar refractivity (Wildman–Crippen MR) is 174 cm³/mol. The van der Waals surface area contributed by atoms with Crippen LogP contribution in [0.1, 0.15) is 47.3 Å². The quantitative estimate of drug-likeness (QED) is 0.216. The van der Waals surface area contributed by atoms with E-state index in [4.69, 9.17) is 10.5 Å². The van der Waals surface area contributed by atoms with E-state index in [-0.39, 0.29) is 23.7 Å². The normalized spacial score (nSPS) is 17.1. The molecule has 0 bridgehead atoms. The SMILES string of the molecule is CC(C(=O)NC(C(=O)N1Cc2ccccc2[C@H]1C(=O)Nc1cc(C(=O)Nc2ccc(N)cc2)ccc1F)C1CCOCC1)N(C)C(=O)O. The van der Waals surface area contributed by atoms with Crippen molar-refractivity contribution < 1.29 is 38.2 Å². The summed E-state index contributed by atoms with van der Waals surface area (Å²) in [7, 11) is 1.25. The Bertz CT molecular complexity index is 1710. The van der Waals surface area contributed by atoms with E-state index in [0.717, 1.165) is 11.0 Å². The number of nitrogens with two attached hydrogens (primary N) is 1. The van der Waals surface area contributed by atoms with Gasteiger partial charge >= 0.3 is 6.09 Å². The third-order valence-electron chi connectivity index (χ3n) is 8.75. The molecule has 3 atom stereocenters. The van der Waals surface area contributed by atoms with Crippen LogP contribution >= 0.6 is 0 Å². The first kappa shape index (κ1) is 33.9. The van der Waals surface area contributed by atoms with Gasteiger partial charge < -0.3 is 36.4 Å². The Morgan fingerprint density at radius 3 is 2.38 bits per heavy atom. The van der Waals surface area contributed by atoms with Crippen LogP contribution in [0.3, 0.4) is 0 Å². The van der Waals surface area contributed by atoms with Crippen LogP contribution in [0.4, 0.5) is 26.2 Å². The third kappa shape index (κ3) is 7.39. The summed E-state index contributed by atoms with van der Waals surface area (Å²) in [6.45, 7) is 2.18. The Balaban J connectivity index is 1.41. The van der Waals surface area contributed by atoms with E-state index in [2.05, 4.69) is 16.0 Å². The summed E-state index contributed by atoms with van der Waals surface area (Å²) in [6, 6.07) is 13.6. The fourth-order valence-electron chi connectivity index (χ4n) is 5.83. The summed E-state index contributed by atoms with van der Waals surface area (Å²) in [5, 5.41) is 17.4. The fraction of sp³-hybridized carbons (Fsp3) is 0.324. The molecule has 252 valence electrons. The second kappa shape index (κ2) is 14.5. The Kier molecular flexibility index (Phi) is 10.2. The average molecular weight is 661 g/mol. The molecule has 2 heterocycles. The topological polar surface area (TPSA) is 183 Å². The van der Waals surface area contributed by atoms with E-state index in [1.165, 1.54) is 31.0 Å². The summed E-state index contributed by atoms with van der Waals surface area (Å²) < 4.78 is 20.5. The van der Waals surface area contributed by atoms with Gasteiger partial charge in [-0.25, -0.2) is 9.18 Å². The molecule has 6 N–H and O–H groups in total. The highest BCUT2D eigenvalue weighted by Crippen LogP contribution is 2.36. The molecule has 0 saturated carbocycles. The van der Waals surface area contributed by atoms with Gasteiger partial charge in [-0.15, -0.1) is 0 Å². The van der Waals surface area contributed by atoms with E-state index in [9.17, 15) is 29.1 Å². The van der Waals surface area contributed by atoms with Crippen molar-refractivity contribution in [2.75, 3.05) is 36.6 Å². The molecule has 2 aliphatic heterocycles. The minimum atomic E-state index is -1.31. The van der Waals surface area contributed by atoms with E-state index in [0.29, 0.717) is 48.6 Å². The molecule has 5 amide bonds. The highest BCUT2D eigenvalue weighted by molar-refractivity contribution is 6.06. The molecule has 3 aromatic rings. The van der Waals surface area contributed by atoms with E-state index in [1.54, 1.807) is 48.5 Å². The maximum Gasteiger partial charge on any atom is 0.407 e. The summed E-state index contributed by atoms with van der Waals surface area (Å²) in [5.74, 6) is -3.62. The van der Waals surface area contributed by atoms with Gasteiger partial charge in [0.15, 0.2) is 0 Å². The lowest BCUT2D eigenvalue weighted by Gasteiger charge is -2.35. The molecular weight excluding hydrogens is 623 g/mol. The number of nitrogens with zero attached hydrogens (tertiary/aromatic N) is 2. The van der Waals surface area contributed by atoms with E-state index in [1.807, 2.05) is 0 Å². The number of hydrogen-bond acceptors (Lipinski definition) is 7. The van der Waals surface area contributed by atoms with Crippen molar-refractivity contribution in [3.05, 3.63) is 89.2 Å². The maximum atomic E-state index is 15.1. The third-order valence-corrected chi connectivity index (χ3v) is 8.75. The zero-order valence-electron chi connectivity index (χ0n) is 26.4. The lowest BCUT2D eigenvalue weighted by molar-refractivity contribution is -0.144. The molecular formula is C34H37FN6O7. The molecule has 0 aromatic heterocycles. The first-order valence-corrected chi connectivity index (χ1v) is 15.4. The van der Waals surface area contributed by atoms with Gasteiger partial charge in [0.05, 0.1) is 5.69 Å². The summed E-state index contributed by atoms with van der Waals surface area (Å²) in [6.07, 6.45) is -0.403.